The average Bonchev–Trinajstić information content (AvgIpc) is 3.61. The second-order valence-corrected chi connectivity index (χ2v) is 9.05. The molecule has 1 saturated carbocycles. The molecule has 33 heavy (non-hydrogen) atoms. The molecule has 1 aromatic rings. The predicted molar refractivity (Wildman–Crippen MR) is 129 cm³/mol. The van der Waals surface area contributed by atoms with Crippen LogP contribution in [-0.2, 0) is 11.3 Å². The molecule has 2 fully saturated rings. The highest BCUT2D eigenvalue weighted by Crippen LogP contribution is 2.46. The average molecular weight is 448 g/mol. The standard InChI is InChI=1S/C25H33N7O/c1-16-7-22(32-6-5-25(29-2,24(32)33)21-3-4-21)11-23(31-16)30-15-18-8-17(12-26)9-19(10-18)20(13-27)14-28/h7-11,13,21,23,29-31H,3-6,14-15,27-28H2,1-2H3/b20-13+/t23?,25-/m1/s1. The molecule has 0 spiro atoms. The normalized spacial score (nSPS) is 25.4. The van der Waals surface area contributed by atoms with E-state index in [-0.39, 0.29) is 12.1 Å². The van der Waals surface area contributed by atoms with Crippen molar-refractivity contribution >= 4 is 11.5 Å². The van der Waals surface area contributed by atoms with Gasteiger partial charge in [-0.2, -0.15) is 5.26 Å². The fourth-order valence-corrected chi connectivity index (χ4v) is 4.98. The third kappa shape index (κ3) is 4.53. The number of likely N-dealkylation sites (tertiary alicyclic amines) is 1. The van der Waals surface area contributed by atoms with Crippen molar-refractivity contribution in [1.29, 1.82) is 5.26 Å². The Morgan fingerprint density at radius 3 is 2.82 bits per heavy atom. The Balaban J connectivity index is 1.50. The highest BCUT2D eigenvalue weighted by molar-refractivity contribution is 5.91. The van der Waals surface area contributed by atoms with Gasteiger partial charge in [-0.3, -0.25) is 10.1 Å². The number of allylic oxidation sites excluding steroid dienone is 2. The summed E-state index contributed by atoms with van der Waals surface area (Å²) in [6.07, 6.45) is 8.51. The molecule has 1 unspecified atom stereocenters. The van der Waals surface area contributed by atoms with Crippen LogP contribution in [-0.4, -0.2) is 42.6 Å². The van der Waals surface area contributed by atoms with Crippen LogP contribution in [0.5, 0.6) is 0 Å². The topological polar surface area (TPSA) is 132 Å². The molecule has 1 aromatic carbocycles. The molecule has 1 saturated heterocycles. The van der Waals surface area contributed by atoms with Gasteiger partial charge in [0.05, 0.1) is 17.8 Å². The molecular weight excluding hydrogens is 414 g/mol. The number of hydrogen-bond acceptors (Lipinski definition) is 7. The fraction of sp³-hybridized carbons (Fsp3) is 0.440. The number of nitrogens with two attached hydrogens (primary N) is 2. The van der Waals surface area contributed by atoms with Crippen molar-refractivity contribution < 1.29 is 4.79 Å². The molecule has 4 rings (SSSR count). The Morgan fingerprint density at radius 2 is 2.18 bits per heavy atom. The Labute approximate surface area is 195 Å². The van der Waals surface area contributed by atoms with Crippen LogP contribution in [0.2, 0.25) is 0 Å². The minimum absolute atomic E-state index is 0.142. The van der Waals surface area contributed by atoms with Crippen molar-refractivity contribution in [2.24, 2.45) is 17.4 Å². The van der Waals surface area contributed by atoms with E-state index >= 15 is 0 Å². The molecule has 0 bridgehead atoms. The Kier molecular flexibility index (Phi) is 6.56. The molecule has 2 aliphatic heterocycles. The van der Waals surface area contributed by atoms with Gasteiger partial charge in [0, 0.05) is 31.0 Å². The summed E-state index contributed by atoms with van der Waals surface area (Å²) in [7, 11) is 1.90. The first-order chi connectivity index (χ1) is 15.9. The number of rotatable bonds is 8. The Bertz CT molecular complexity index is 1060. The van der Waals surface area contributed by atoms with Gasteiger partial charge in [0.2, 0.25) is 5.91 Å². The van der Waals surface area contributed by atoms with Crippen LogP contribution < -0.4 is 27.4 Å². The number of carbonyl (C=O) groups excluding carboxylic acids is 1. The van der Waals surface area contributed by atoms with Gasteiger partial charge in [-0.1, -0.05) is 0 Å². The molecular formula is C25H33N7O. The highest BCUT2D eigenvalue weighted by Gasteiger charge is 2.55. The Hall–Kier alpha value is -3.12. The lowest BCUT2D eigenvalue weighted by Crippen LogP contribution is -2.52. The third-order valence-corrected chi connectivity index (χ3v) is 6.91. The van der Waals surface area contributed by atoms with Crippen LogP contribution in [0.15, 0.2) is 47.9 Å². The van der Waals surface area contributed by atoms with Gasteiger partial charge >= 0.3 is 0 Å². The minimum Gasteiger partial charge on any atom is -0.404 e. The number of benzene rings is 1. The molecule has 1 amide bonds. The number of nitrogens with zero attached hydrogens (tertiary/aromatic N) is 2. The summed E-state index contributed by atoms with van der Waals surface area (Å²) < 4.78 is 0. The first-order valence-corrected chi connectivity index (χ1v) is 11.5. The van der Waals surface area contributed by atoms with Crippen molar-refractivity contribution in [3.8, 4) is 6.07 Å². The number of amides is 1. The van der Waals surface area contributed by atoms with E-state index in [1.807, 2.05) is 37.1 Å². The molecule has 1 aliphatic carbocycles. The van der Waals surface area contributed by atoms with E-state index in [1.165, 1.54) is 6.20 Å². The lowest BCUT2D eigenvalue weighted by Gasteiger charge is -2.30. The smallest absolute Gasteiger partial charge is 0.247 e. The molecule has 0 radical (unpaired) electrons. The molecule has 2 atom stereocenters. The summed E-state index contributed by atoms with van der Waals surface area (Å²) >= 11 is 0. The van der Waals surface area contributed by atoms with E-state index in [9.17, 15) is 10.1 Å². The molecule has 174 valence electrons. The van der Waals surface area contributed by atoms with Gasteiger partial charge in [0.25, 0.3) is 0 Å². The highest BCUT2D eigenvalue weighted by atomic mass is 16.2. The molecule has 3 aliphatic rings. The lowest BCUT2D eigenvalue weighted by molar-refractivity contribution is -0.132. The zero-order valence-corrected chi connectivity index (χ0v) is 19.3. The van der Waals surface area contributed by atoms with E-state index in [0.29, 0.717) is 24.6 Å². The van der Waals surface area contributed by atoms with Crippen LogP contribution in [0.4, 0.5) is 0 Å². The zero-order chi connectivity index (χ0) is 23.6. The molecule has 8 heteroatoms. The fourth-order valence-electron chi connectivity index (χ4n) is 4.98. The number of dihydropyridines is 1. The maximum absolute atomic E-state index is 13.4. The van der Waals surface area contributed by atoms with Crippen molar-refractivity contribution in [3.63, 3.8) is 0 Å². The first-order valence-electron chi connectivity index (χ1n) is 11.5. The monoisotopic (exact) mass is 447 g/mol. The Morgan fingerprint density at radius 1 is 1.39 bits per heavy atom. The minimum atomic E-state index is -0.415. The summed E-state index contributed by atoms with van der Waals surface area (Å²) in [6.45, 7) is 3.56. The maximum atomic E-state index is 13.4. The van der Waals surface area contributed by atoms with Crippen molar-refractivity contribution in [2.45, 2.75) is 44.4 Å². The van der Waals surface area contributed by atoms with Gasteiger partial charge in [-0.25, -0.2) is 0 Å². The van der Waals surface area contributed by atoms with E-state index in [4.69, 9.17) is 11.5 Å². The number of nitrogens with one attached hydrogen (secondary N) is 3. The quantitative estimate of drug-likeness (QED) is 0.405. The maximum Gasteiger partial charge on any atom is 0.247 e. The predicted octanol–water partition coefficient (Wildman–Crippen LogP) is 1.22. The third-order valence-electron chi connectivity index (χ3n) is 6.91. The second-order valence-electron chi connectivity index (χ2n) is 9.05. The van der Waals surface area contributed by atoms with Gasteiger partial charge < -0.3 is 27.0 Å². The number of carbonyl (C=O) groups is 1. The summed E-state index contributed by atoms with van der Waals surface area (Å²) in [5.74, 6) is 0.626. The molecule has 2 heterocycles. The van der Waals surface area contributed by atoms with Crippen LogP contribution in [0, 0.1) is 17.2 Å². The molecule has 7 N–H and O–H groups in total. The van der Waals surface area contributed by atoms with Crippen LogP contribution in [0.1, 0.15) is 42.9 Å². The van der Waals surface area contributed by atoms with E-state index in [2.05, 4.69) is 28.1 Å². The number of likely N-dealkylation sites (N-methyl/N-ethyl adjacent to an activating group) is 1. The zero-order valence-electron chi connectivity index (χ0n) is 19.3. The van der Waals surface area contributed by atoms with Crippen molar-refractivity contribution in [3.05, 3.63) is 64.6 Å². The number of nitriles is 1. The molecule has 0 aromatic heterocycles. The SMILES string of the molecule is CN[C@@]1(C2CC2)CCN(C2=CC(NCc3cc(C#N)cc(/C(=C/N)CN)c3)NC(C)=C2)C1=O. The summed E-state index contributed by atoms with van der Waals surface area (Å²) in [5.41, 5.74) is 16.2. The van der Waals surface area contributed by atoms with Gasteiger partial charge in [0.15, 0.2) is 0 Å². The summed E-state index contributed by atoms with van der Waals surface area (Å²) in [4.78, 5) is 15.3. The van der Waals surface area contributed by atoms with Crippen LogP contribution >= 0.6 is 0 Å². The summed E-state index contributed by atoms with van der Waals surface area (Å²) in [6, 6.07) is 7.86. The number of hydrogen-bond donors (Lipinski definition) is 5. The lowest BCUT2D eigenvalue weighted by atomic mass is 9.91. The van der Waals surface area contributed by atoms with Gasteiger partial charge in [-0.15, -0.1) is 0 Å². The molecule has 8 nitrogen and oxygen atoms in total. The van der Waals surface area contributed by atoms with Crippen molar-refractivity contribution in [2.75, 3.05) is 20.1 Å². The second kappa shape index (κ2) is 9.40. The van der Waals surface area contributed by atoms with E-state index < -0.39 is 5.54 Å². The summed E-state index contributed by atoms with van der Waals surface area (Å²) in [5, 5.41) is 19.7. The first kappa shape index (κ1) is 23.1. The van der Waals surface area contributed by atoms with Gasteiger partial charge in [-0.05, 0) is 92.4 Å². The van der Waals surface area contributed by atoms with E-state index in [1.54, 1.807) is 6.07 Å². The van der Waals surface area contributed by atoms with Crippen LogP contribution in [0.25, 0.3) is 5.57 Å². The van der Waals surface area contributed by atoms with E-state index in [0.717, 1.165) is 53.9 Å². The largest absolute Gasteiger partial charge is 0.404 e. The van der Waals surface area contributed by atoms with Crippen molar-refractivity contribution in [1.82, 2.24) is 20.9 Å². The van der Waals surface area contributed by atoms with Gasteiger partial charge in [0.1, 0.15) is 5.54 Å². The van der Waals surface area contributed by atoms with Crippen LogP contribution in [0.3, 0.4) is 0 Å².